The number of benzene rings is 2. The molecule has 1 N–H and O–H groups in total. The molecule has 1 aliphatic rings. The SMILES string of the molecule is COc1ccc(S(=O)(=O)N2CCC(C(=O)N[C@H](C)c3cc(OC)ccc3OC)CC2)cc1. The standard InChI is InChI=1S/C23H30N2O6S/c1-16(21-15-19(30-3)7-10-22(21)31-4)24-23(26)17-11-13-25(14-12-17)32(27,28)20-8-5-18(29-2)6-9-20/h5-10,15-17H,11-14H2,1-4H3,(H,24,26)/t16-/m1/s1. The van der Waals surface area contributed by atoms with Crippen LogP contribution in [0.15, 0.2) is 47.4 Å². The summed E-state index contributed by atoms with van der Waals surface area (Å²) in [6, 6.07) is 11.5. The normalized spacial score (nSPS) is 16.2. The highest BCUT2D eigenvalue weighted by Crippen LogP contribution is 2.30. The van der Waals surface area contributed by atoms with Crippen molar-refractivity contribution in [2.75, 3.05) is 34.4 Å². The van der Waals surface area contributed by atoms with Crippen LogP contribution in [0.25, 0.3) is 0 Å². The van der Waals surface area contributed by atoms with E-state index in [4.69, 9.17) is 14.2 Å². The number of carbonyl (C=O) groups excluding carboxylic acids is 1. The summed E-state index contributed by atoms with van der Waals surface area (Å²) in [7, 11) is 1.10. The lowest BCUT2D eigenvalue weighted by Crippen LogP contribution is -2.43. The van der Waals surface area contributed by atoms with Crippen LogP contribution >= 0.6 is 0 Å². The maximum absolute atomic E-state index is 12.9. The number of sulfonamides is 1. The van der Waals surface area contributed by atoms with Crippen molar-refractivity contribution >= 4 is 15.9 Å². The van der Waals surface area contributed by atoms with Crippen LogP contribution in [0.5, 0.6) is 17.2 Å². The molecular weight excluding hydrogens is 432 g/mol. The number of nitrogens with one attached hydrogen (secondary N) is 1. The fraction of sp³-hybridized carbons (Fsp3) is 0.435. The number of methoxy groups -OCH3 is 3. The second-order valence-electron chi connectivity index (χ2n) is 7.69. The van der Waals surface area contributed by atoms with E-state index < -0.39 is 10.0 Å². The Balaban J connectivity index is 1.62. The van der Waals surface area contributed by atoms with Gasteiger partial charge in [0.1, 0.15) is 17.2 Å². The molecule has 1 amide bonds. The highest BCUT2D eigenvalue weighted by molar-refractivity contribution is 7.89. The Kier molecular flexibility index (Phi) is 7.63. The van der Waals surface area contributed by atoms with Gasteiger partial charge in [0.15, 0.2) is 0 Å². The van der Waals surface area contributed by atoms with Gasteiger partial charge in [-0.05, 0) is 62.2 Å². The molecule has 2 aromatic rings. The predicted molar refractivity (Wildman–Crippen MR) is 121 cm³/mol. The van der Waals surface area contributed by atoms with Gasteiger partial charge >= 0.3 is 0 Å². The maximum atomic E-state index is 12.9. The minimum atomic E-state index is -3.60. The molecule has 174 valence electrons. The van der Waals surface area contributed by atoms with Gasteiger partial charge in [0.2, 0.25) is 15.9 Å². The molecule has 2 aromatic carbocycles. The van der Waals surface area contributed by atoms with Crippen LogP contribution in [0, 0.1) is 5.92 Å². The molecule has 8 nitrogen and oxygen atoms in total. The van der Waals surface area contributed by atoms with Crippen LogP contribution in [0.2, 0.25) is 0 Å². The summed E-state index contributed by atoms with van der Waals surface area (Å²) in [5.41, 5.74) is 0.819. The zero-order valence-corrected chi connectivity index (χ0v) is 19.6. The topological polar surface area (TPSA) is 94.2 Å². The number of hydrogen-bond acceptors (Lipinski definition) is 6. The Bertz CT molecular complexity index is 1030. The summed E-state index contributed by atoms with van der Waals surface area (Å²) in [5.74, 6) is 1.60. The first-order valence-corrected chi connectivity index (χ1v) is 11.9. The van der Waals surface area contributed by atoms with E-state index in [-0.39, 0.29) is 22.8 Å². The smallest absolute Gasteiger partial charge is 0.243 e. The van der Waals surface area contributed by atoms with E-state index in [2.05, 4.69) is 5.32 Å². The molecule has 0 unspecified atom stereocenters. The Morgan fingerprint density at radius 1 is 0.969 bits per heavy atom. The summed E-state index contributed by atoms with van der Waals surface area (Å²) in [6.07, 6.45) is 0.923. The first-order chi connectivity index (χ1) is 15.3. The zero-order chi connectivity index (χ0) is 23.3. The summed E-state index contributed by atoms with van der Waals surface area (Å²) in [4.78, 5) is 13.1. The van der Waals surface area contributed by atoms with Gasteiger partial charge in [-0.1, -0.05) is 0 Å². The van der Waals surface area contributed by atoms with Crippen molar-refractivity contribution in [2.24, 2.45) is 5.92 Å². The third kappa shape index (κ3) is 5.16. The number of ether oxygens (including phenoxy) is 3. The van der Waals surface area contributed by atoms with Crippen molar-refractivity contribution < 1.29 is 27.4 Å². The Morgan fingerprint density at radius 2 is 1.56 bits per heavy atom. The average molecular weight is 463 g/mol. The minimum absolute atomic E-state index is 0.0936. The van der Waals surface area contributed by atoms with Crippen LogP contribution in [0.3, 0.4) is 0 Å². The summed E-state index contributed by atoms with van der Waals surface area (Å²) < 4.78 is 43.1. The molecule has 1 fully saturated rings. The summed E-state index contributed by atoms with van der Waals surface area (Å²) in [5, 5.41) is 3.03. The van der Waals surface area contributed by atoms with Gasteiger partial charge in [0.05, 0.1) is 32.3 Å². The number of nitrogens with zero attached hydrogens (tertiary/aromatic N) is 1. The lowest BCUT2D eigenvalue weighted by molar-refractivity contribution is -0.126. The highest BCUT2D eigenvalue weighted by Gasteiger charge is 2.32. The molecular formula is C23H30N2O6S. The van der Waals surface area contributed by atoms with Crippen molar-refractivity contribution in [1.29, 1.82) is 0 Å². The van der Waals surface area contributed by atoms with E-state index in [1.54, 1.807) is 38.5 Å². The minimum Gasteiger partial charge on any atom is -0.497 e. The van der Waals surface area contributed by atoms with Crippen LogP contribution < -0.4 is 19.5 Å². The molecule has 0 saturated carbocycles. The van der Waals surface area contributed by atoms with E-state index in [0.29, 0.717) is 43.2 Å². The second-order valence-corrected chi connectivity index (χ2v) is 9.63. The summed E-state index contributed by atoms with van der Waals surface area (Å²) >= 11 is 0. The monoisotopic (exact) mass is 462 g/mol. The molecule has 0 aliphatic carbocycles. The zero-order valence-electron chi connectivity index (χ0n) is 18.8. The predicted octanol–water partition coefficient (Wildman–Crippen LogP) is 2.99. The first kappa shape index (κ1) is 23.9. The van der Waals surface area contributed by atoms with Crippen LogP contribution in [-0.2, 0) is 14.8 Å². The largest absolute Gasteiger partial charge is 0.497 e. The molecule has 0 aromatic heterocycles. The number of amides is 1. The molecule has 0 spiro atoms. The Morgan fingerprint density at radius 3 is 2.12 bits per heavy atom. The number of piperidine rings is 1. The van der Waals surface area contributed by atoms with Crippen molar-refractivity contribution in [3.05, 3.63) is 48.0 Å². The van der Waals surface area contributed by atoms with Crippen LogP contribution in [0.1, 0.15) is 31.4 Å². The van der Waals surface area contributed by atoms with Crippen molar-refractivity contribution in [2.45, 2.75) is 30.7 Å². The first-order valence-electron chi connectivity index (χ1n) is 10.5. The molecule has 9 heteroatoms. The van der Waals surface area contributed by atoms with E-state index >= 15 is 0 Å². The van der Waals surface area contributed by atoms with E-state index in [9.17, 15) is 13.2 Å². The fourth-order valence-corrected chi connectivity index (χ4v) is 5.31. The average Bonchev–Trinajstić information content (AvgIpc) is 2.83. The van der Waals surface area contributed by atoms with Gasteiger partial charge in [-0.15, -0.1) is 0 Å². The Hall–Kier alpha value is -2.78. The van der Waals surface area contributed by atoms with Gasteiger partial charge < -0.3 is 19.5 Å². The maximum Gasteiger partial charge on any atom is 0.243 e. The van der Waals surface area contributed by atoms with Gasteiger partial charge in [-0.25, -0.2) is 8.42 Å². The second kappa shape index (κ2) is 10.2. The van der Waals surface area contributed by atoms with E-state index in [1.165, 1.54) is 23.5 Å². The highest BCUT2D eigenvalue weighted by atomic mass is 32.2. The number of carbonyl (C=O) groups is 1. The molecule has 1 heterocycles. The molecule has 1 saturated heterocycles. The van der Waals surface area contributed by atoms with E-state index in [0.717, 1.165) is 5.56 Å². The molecule has 1 atom stereocenters. The third-order valence-electron chi connectivity index (χ3n) is 5.78. The number of rotatable bonds is 8. The quantitative estimate of drug-likeness (QED) is 0.648. The molecule has 1 aliphatic heterocycles. The summed E-state index contributed by atoms with van der Waals surface area (Å²) in [6.45, 7) is 2.48. The lowest BCUT2D eigenvalue weighted by Gasteiger charge is -2.31. The van der Waals surface area contributed by atoms with Gasteiger partial charge in [-0.3, -0.25) is 4.79 Å². The molecule has 0 bridgehead atoms. The van der Waals surface area contributed by atoms with Gasteiger partial charge in [0, 0.05) is 24.6 Å². The van der Waals surface area contributed by atoms with Gasteiger partial charge in [0.25, 0.3) is 0 Å². The lowest BCUT2D eigenvalue weighted by atomic mass is 9.96. The van der Waals surface area contributed by atoms with Crippen molar-refractivity contribution in [3.63, 3.8) is 0 Å². The van der Waals surface area contributed by atoms with Crippen molar-refractivity contribution in [3.8, 4) is 17.2 Å². The van der Waals surface area contributed by atoms with Crippen molar-refractivity contribution in [1.82, 2.24) is 9.62 Å². The van der Waals surface area contributed by atoms with Crippen LogP contribution in [-0.4, -0.2) is 53.0 Å². The molecule has 32 heavy (non-hydrogen) atoms. The van der Waals surface area contributed by atoms with Gasteiger partial charge in [-0.2, -0.15) is 4.31 Å². The van der Waals surface area contributed by atoms with E-state index in [1.807, 2.05) is 13.0 Å². The third-order valence-corrected chi connectivity index (χ3v) is 7.70. The fourth-order valence-electron chi connectivity index (χ4n) is 3.84. The number of hydrogen-bond donors (Lipinski definition) is 1. The molecule has 3 rings (SSSR count). The molecule has 0 radical (unpaired) electrons. The Labute approximate surface area is 189 Å². The van der Waals surface area contributed by atoms with Crippen LogP contribution in [0.4, 0.5) is 0 Å².